The molecule has 2 aromatic heterocycles. The van der Waals surface area contributed by atoms with Gasteiger partial charge in [-0.3, -0.25) is 0 Å². The molecule has 3 rings (SSSR count). The van der Waals surface area contributed by atoms with E-state index in [1.165, 1.54) is 11.8 Å². The zero-order valence-electron chi connectivity index (χ0n) is 9.96. The quantitative estimate of drug-likeness (QED) is 0.532. The van der Waals surface area contributed by atoms with Gasteiger partial charge in [0.1, 0.15) is 5.82 Å². The first-order valence-electron chi connectivity index (χ1n) is 5.52. The van der Waals surface area contributed by atoms with Gasteiger partial charge in [-0.05, 0) is 35.0 Å². The molecule has 0 saturated heterocycles. The minimum absolute atomic E-state index is 0.334. The van der Waals surface area contributed by atoms with Crippen LogP contribution in [0.5, 0.6) is 0 Å². The lowest BCUT2D eigenvalue weighted by atomic mass is 10.2. The number of thioether (sulfide) groups is 1. The molecule has 0 N–H and O–H groups in total. The molecule has 0 bridgehead atoms. The molecular formula is C12H8BrN5S. The van der Waals surface area contributed by atoms with Crippen LogP contribution < -0.4 is 0 Å². The van der Waals surface area contributed by atoms with Gasteiger partial charge in [-0.15, -0.1) is 5.10 Å². The van der Waals surface area contributed by atoms with Crippen LogP contribution in [0.25, 0.3) is 16.6 Å². The van der Waals surface area contributed by atoms with Gasteiger partial charge in [0.15, 0.2) is 10.8 Å². The Morgan fingerprint density at radius 3 is 3.05 bits per heavy atom. The largest absolute Gasteiger partial charge is 0.222 e. The summed E-state index contributed by atoms with van der Waals surface area (Å²) in [6.07, 6.45) is 0. The van der Waals surface area contributed by atoms with E-state index in [0.29, 0.717) is 16.7 Å². The smallest absolute Gasteiger partial charge is 0.192 e. The molecule has 0 atom stereocenters. The van der Waals surface area contributed by atoms with Crippen LogP contribution in [0.1, 0.15) is 5.82 Å². The average Bonchev–Trinajstić information content (AvgIpc) is 2.77. The Bertz CT molecular complexity index is 820. The Morgan fingerprint density at radius 2 is 2.26 bits per heavy atom. The molecule has 1 aromatic carbocycles. The molecule has 0 unspecified atom stereocenters. The second-order valence-corrected chi connectivity index (χ2v) is 5.67. The molecule has 0 radical (unpaired) electrons. The Balaban J connectivity index is 2.40. The first kappa shape index (κ1) is 12.4. The van der Waals surface area contributed by atoms with Crippen molar-refractivity contribution < 1.29 is 0 Å². The fraction of sp³-hybridized carbons (Fsp3) is 0.167. The second-order valence-electron chi connectivity index (χ2n) is 3.87. The van der Waals surface area contributed by atoms with E-state index in [2.05, 4.69) is 37.1 Å². The third kappa shape index (κ3) is 2.07. The van der Waals surface area contributed by atoms with Crippen molar-refractivity contribution in [1.29, 1.82) is 5.26 Å². The lowest BCUT2D eigenvalue weighted by molar-refractivity contribution is 0.797. The maximum atomic E-state index is 8.71. The molecular weight excluding hydrogens is 326 g/mol. The van der Waals surface area contributed by atoms with Gasteiger partial charge >= 0.3 is 0 Å². The molecule has 0 saturated carbocycles. The van der Waals surface area contributed by atoms with Crippen molar-refractivity contribution in [2.24, 2.45) is 0 Å². The maximum absolute atomic E-state index is 8.71. The first-order valence-corrected chi connectivity index (χ1v) is 7.30. The fourth-order valence-electron chi connectivity index (χ4n) is 1.88. The fourth-order valence-corrected chi connectivity index (χ4v) is 3.02. The van der Waals surface area contributed by atoms with Crippen LogP contribution in [0.3, 0.4) is 0 Å². The number of hydrogen-bond acceptors (Lipinski definition) is 5. The van der Waals surface area contributed by atoms with Gasteiger partial charge in [-0.25, -0.2) is 9.97 Å². The molecule has 0 amide bonds. The van der Waals surface area contributed by atoms with Crippen LogP contribution in [0.2, 0.25) is 0 Å². The Morgan fingerprint density at radius 1 is 1.42 bits per heavy atom. The third-order valence-electron chi connectivity index (χ3n) is 2.59. The van der Waals surface area contributed by atoms with Gasteiger partial charge < -0.3 is 0 Å². The summed E-state index contributed by atoms with van der Waals surface area (Å²) < 4.78 is 2.64. The molecule has 7 heteroatoms. The highest BCUT2D eigenvalue weighted by molar-refractivity contribution is 9.10. The predicted molar refractivity (Wildman–Crippen MR) is 77.1 cm³/mol. The summed E-state index contributed by atoms with van der Waals surface area (Å²) in [7, 11) is 0. The van der Waals surface area contributed by atoms with E-state index in [0.717, 1.165) is 21.0 Å². The number of rotatable bonds is 2. The zero-order valence-corrected chi connectivity index (χ0v) is 12.4. The monoisotopic (exact) mass is 333 g/mol. The number of hydrogen-bond donors (Lipinski definition) is 0. The Kier molecular flexibility index (Phi) is 3.12. The highest BCUT2D eigenvalue weighted by Gasteiger charge is 2.14. The number of aromatic nitrogens is 4. The SMILES string of the molecule is Cc1nc2c3c(Br)cccc3nc(SCC#N)n2n1. The van der Waals surface area contributed by atoms with Gasteiger partial charge in [-0.1, -0.05) is 17.8 Å². The van der Waals surface area contributed by atoms with Crippen molar-refractivity contribution in [3.8, 4) is 6.07 Å². The second kappa shape index (κ2) is 4.79. The van der Waals surface area contributed by atoms with E-state index < -0.39 is 0 Å². The van der Waals surface area contributed by atoms with Crippen LogP contribution in [0.4, 0.5) is 0 Å². The minimum atomic E-state index is 0.334. The standard InChI is InChI=1S/C12H8BrN5S/c1-7-15-11-10-8(13)3-2-4-9(10)16-12(18(11)17-7)19-6-5-14/h2-4H,6H2,1H3. The molecule has 2 heterocycles. The van der Waals surface area contributed by atoms with Crippen LogP contribution in [-0.2, 0) is 0 Å². The highest BCUT2D eigenvalue weighted by atomic mass is 79.9. The summed E-state index contributed by atoms with van der Waals surface area (Å²) in [4.78, 5) is 9.01. The molecule has 0 aliphatic rings. The van der Waals surface area contributed by atoms with E-state index in [-0.39, 0.29) is 0 Å². The molecule has 5 nitrogen and oxygen atoms in total. The molecule has 3 aromatic rings. The normalized spacial score (nSPS) is 11.0. The predicted octanol–water partition coefficient (Wildman–Crippen LogP) is 2.96. The number of nitrogens with zero attached hydrogens (tertiary/aromatic N) is 5. The molecule has 0 aliphatic heterocycles. The number of halogens is 1. The molecule has 19 heavy (non-hydrogen) atoms. The summed E-state index contributed by atoms with van der Waals surface area (Å²) in [6, 6.07) is 7.91. The van der Waals surface area contributed by atoms with Gasteiger partial charge in [0.05, 0.1) is 22.7 Å². The summed E-state index contributed by atoms with van der Waals surface area (Å²) in [5, 5.41) is 14.7. The van der Waals surface area contributed by atoms with Crippen molar-refractivity contribution >= 4 is 44.2 Å². The number of benzene rings is 1. The minimum Gasteiger partial charge on any atom is -0.222 e. The van der Waals surface area contributed by atoms with E-state index in [4.69, 9.17) is 5.26 Å². The molecule has 94 valence electrons. The van der Waals surface area contributed by atoms with Crippen LogP contribution >= 0.6 is 27.7 Å². The van der Waals surface area contributed by atoms with Gasteiger partial charge in [0.25, 0.3) is 0 Å². The van der Waals surface area contributed by atoms with Crippen LogP contribution in [-0.4, -0.2) is 25.3 Å². The van der Waals surface area contributed by atoms with E-state index in [1.54, 1.807) is 4.52 Å². The molecule has 0 fully saturated rings. The zero-order chi connectivity index (χ0) is 13.4. The van der Waals surface area contributed by atoms with E-state index in [9.17, 15) is 0 Å². The number of nitriles is 1. The lowest BCUT2D eigenvalue weighted by Crippen LogP contribution is -1.98. The topological polar surface area (TPSA) is 66.9 Å². The maximum Gasteiger partial charge on any atom is 0.192 e. The van der Waals surface area contributed by atoms with Crippen molar-refractivity contribution in [2.45, 2.75) is 12.1 Å². The van der Waals surface area contributed by atoms with Crippen molar-refractivity contribution in [3.05, 3.63) is 28.5 Å². The van der Waals surface area contributed by atoms with Gasteiger partial charge in [0, 0.05) is 4.47 Å². The van der Waals surface area contributed by atoms with E-state index >= 15 is 0 Å². The Labute approximate surface area is 121 Å². The summed E-state index contributed by atoms with van der Waals surface area (Å²) >= 11 is 4.88. The summed E-state index contributed by atoms with van der Waals surface area (Å²) in [5.74, 6) is 1.02. The van der Waals surface area contributed by atoms with Gasteiger partial charge in [-0.2, -0.15) is 9.78 Å². The van der Waals surface area contributed by atoms with E-state index in [1.807, 2.05) is 25.1 Å². The van der Waals surface area contributed by atoms with Crippen molar-refractivity contribution in [3.63, 3.8) is 0 Å². The number of fused-ring (bicyclic) bond motifs is 3. The first-order chi connectivity index (χ1) is 9.20. The van der Waals surface area contributed by atoms with Crippen molar-refractivity contribution in [1.82, 2.24) is 19.6 Å². The van der Waals surface area contributed by atoms with Crippen LogP contribution in [0, 0.1) is 18.3 Å². The average molecular weight is 334 g/mol. The van der Waals surface area contributed by atoms with Crippen molar-refractivity contribution in [2.75, 3.05) is 5.75 Å². The summed E-state index contributed by atoms with van der Waals surface area (Å²) in [5.41, 5.74) is 1.60. The van der Waals surface area contributed by atoms with Gasteiger partial charge in [0.2, 0.25) is 0 Å². The molecule has 0 aliphatic carbocycles. The Hall–Kier alpha value is -1.65. The van der Waals surface area contributed by atoms with Crippen LogP contribution in [0.15, 0.2) is 27.8 Å². The lowest BCUT2D eigenvalue weighted by Gasteiger charge is -2.05. The number of aryl methyl sites for hydroxylation is 1. The summed E-state index contributed by atoms with van der Waals surface area (Å²) in [6.45, 7) is 1.84. The highest BCUT2D eigenvalue weighted by Crippen LogP contribution is 2.29. The molecule has 0 spiro atoms. The third-order valence-corrected chi connectivity index (χ3v) is 4.05.